The number of allylic oxidation sites excluding steroid dienone is 1. The third-order valence-electron chi connectivity index (χ3n) is 4.89. The van der Waals surface area contributed by atoms with Crippen molar-refractivity contribution in [2.45, 2.75) is 18.2 Å². The topological polar surface area (TPSA) is 103 Å². The van der Waals surface area contributed by atoms with Crippen LogP contribution in [0.25, 0.3) is 6.08 Å². The molecule has 1 aliphatic rings. The standard InChI is InChI=1S/C17H15NO3.C7H8O3S/c1-20-15-9-12-8-13(7-11-3-5-18-6-4-11)17(19)14(12)10-16(15)21-2;1-6-2-4-7(5-3-6)11(8,9)10/h3-7,9-10H,8H2,1-2H3;2-5H,1H3,(H,8,9,10). The summed E-state index contributed by atoms with van der Waals surface area (Å²) in [5.74, 6) is 1.27. The molecule has 0 unspecified atom stereocenters. The van der Waals surface area contributed by atoms with Crippen molar-refractivity contribution in [1.82, 2.24) is 4.98 Å². The lowest BCUT2D eigenvalue weighted by molar-refractivity contribution is 0.104. The number of aromatic nitrogens is 1. The number of hydrogen-bond acceptors (Lipinski definition) is 6. The second kappa shape index (κ2) is 9.76. The maximum Gasteiger partial charge on any atom is 0.294 e. The van der Waals surface area contributed by atoms with E-state index in [0.29, 0.717) is 23.5 Å². The summed E-state index contributed by atoms with van der Waals surface area (Å²) in [5.41, 5.74) is 4.36. The number of pyridine rings is 1. The van der Waals surface area contributed by atoms with Gasteiger partial charge < -0.3 is 9.47 Å². The predicted molar refractivity (Wildman–Crippen MR) is 121 cm³/mol. The lowest BCUT2D eigenvalue weighted by atomic mass is 10.1. The van der Waals surface area contributed by atoms with Crippen molar-refractivity contribution < 1.29 is 27.2 Å². The van der Waals surface area contributed by atoms with Crippen molar-refractivity contribution in [2.75, 3.05) is 14.2 Å². The van der Waals surface area contributed by atoms with Gasteiger partial charge in [0.25, 0.3) is 10.1 Å². The molecule has 0 saturated heterocycles. The number of hydrogen-bond donors (Lipinski definition) is 1. The van der Waals surface area contributed by atoms with Crippen molar-refractivity contribution in [3.05, 3.63) is 88.8 Å². The lowest BCUT2D eigenvalue weighted by Gasteiger charge is -2.08. The summed E-state index contributed by atoms with van der Waals surface area (Å²) in [6.45, 7) is 1.84. The molecular weight excluding hydrogens is 430 g/mol. The Hall–Kier alpha value is -3.49. The Labute approximate surface area is 187 Å². The Morgan fingerprint density at radius 2 is 1.56 bits per heavy atom. The fourth-order valence-electron chi connectivity index (χ4n) is 3.22. The summed E-state index contributed by atoms with van der Waals surface area (Å²) in [6, 6.07) is 13.4. The van der Waals surface area contributed by atoms with Crippen molar-refractivity contribution >= 4 is 22.0 Å². The third-order valence-corrected chi connectivity index (χ3v) is 5.76. The van der Waals surface area contributed by atoms with Crippen LogP contribution < -0.4 is 9.47 Å². The van der Waals surface area contributed by atoms with Gasteiger partial charge in [0, 0.05) is 30.0 Å². The molecule has 4 rings (SSSR count). The molecule has 1 aromatic heterocycles. The van der Waals surface area contributed by atoms with E-state index in [1.165, 1.54) is 12.1 Å². The highest BCUT2D eigenvalue weighted by atomic mass is 32.2. The zero-order valence-corrected chi connectivity index (χ0v) is 18.7. The number of rotatable bonds is 4. The number of carbonyl (C=O) groups excluding carboxylic acids is 1. The van der Waals surface area contributed by atoms with Crippen LogP contribution in [-0.2, 0) is 16.5 Å². The fourth-order valence-corrected chi connectivity index (χ4v) is 3.70. The van der Waals surface area contributed by atoms with Crippen LogP contribution in [0.1, 0.15) is 27.0 Å². The van der Waals surface area contributed by atoms with Gasteiger partial charge in [-0.05, 0) is 60.5 Å². The quantitative estimate of drug-likeness (QED) is 0.467. The molecule has 32 heavy (non-hydrogen) atoms. The summed E-state index contributed by atoms with van der Waals surface area (Å²) in [4.78, 5) is 16.4. The normalized spacial score (nSPS) is 13.9. The van der Waals surface area contributed by atoms with E-state index in [2.05, 4.69) is 4.98 Å². The minimum Gasteiger partial charge on any atom is -0.493 e. The number of fused-ring (bicyclic) bond motifs is 1. The summed E-state index contributed by atoms with van der Waals surface area (Å²) in [6.07, 6.45) is 5.94. The van der Waals surface area contributed by atoms with Crippen molar-refractivity contribution in [2.24, 2.45) is 0 Å². The van der Waals surface area contributed by atoms with Gasteiger partial charge in [0.2, 0.25) is 0 Å². The number of methoxy groups -OCH3 is 2. The molecule has 166 valence electrons. The third kappa shape index (κ3) is 5.40. The van der Waals surface area contributed by atoms with E-state index in [-0.39, 0.29) is 10.7 Å². The Kier molecular flexibility index (Phi) is 7.07. The molecule has 0 spiro atoms. The average Bonchev–Trinajstić information content (AvgIpc) is 3.08. The molecule has 1 heterocycles. The molecule has 0 fully saturated rings. The first-order valence-corrected chi connectivity index (χ1v) is 11.1. The largest absolute Gasteiger partial charge is 0.493 e. The Morgan fingerprint density at radius 1 is 0.969 bits per heavy atom. The Bertz CT molecular complexity index is 1250. The highest BCUT2D eigenvalue weighted by Crippen LogP contribution is 2.36. The predicted octanol–water partition coefficient (Wildman–Crippen LogP) is 4.16. The summed E-state index contributed by atoms with van der Waals surface area (Å²) >= 11 is 0. The zero-order chi connectivity index (χ0) is 23.3. The van der Waals surface area contributed by atoms with Gasteiger partial charge in [-0.2, -0.15) is 8.42 Å². The maximum absolute atomic E-state index is 12.5. The highest BCUT2D eigenvalue weighted by Gasteiger charge is 2.27. The van der Waals surface area contributed by atoms with Crippen LogP contribution in [0.2, 0.25) is 0 Å². The number of ketones is 1. The number of carbonyl (C=O) groups is 1. The second-order valence-electron chi connectivity index (χ2n) is 7.11. The molecule has 2 aromatic carbocycles. The summed E-state index contributed by atoms with van der Waals surface area (Å²) in [7, 11) is -0.861. The Morgan fingerprint density at radius 3 is 2.12 bits per heavy atom. The van der Waals surface area contributed by atoms with E-state index in [0.717, 1.165) is 22.3 Å². The number of ether oxygens (including phenoxy) is 2. The van der Waals surface area contributed by atoms with E-state index in [1.54, 1.807) is 44.8 Å². The van der Waals surface area contributed by atoms with E-state index in [1.807, 2.05) is 31.2 Å². The van der Waals surface area contributed by atoms with E-state index in [4.69, 9.17) is 14.0 Å². The SMILES string of the molecule is COc1cc2c(cc1OC)C(=O)C(=Cc1ccncc1)C2.Cc1ccc(S(=O)(=O)O)cc1. The lowest BCUT2D eigenvalue weighted by Crippen LogP contribution is -1.97. The maximum atomic E-state index is 12.5. The molecule has 1 N–H and O–H groups in total. The van der Waals surface area contributed by atoms with E-state index < -0.39 is 10.1 Å². The first-order valence-electron chi connectivity index (χ1n) is 9.67. The van der Waals surface area contributed by atoms with E-state index in [9.17, 15) is 13.2 Å². The minimum absolute atomic E-state index is 0.0442. The monoisotopic (exact) mass is 453 g/mol. The summed E-state index contributed by atoms with van der Waals surface area (Å²) < 4.78 is 40.1. The van der Waals surface area contributed by atoms with Gasteiger partial charge in [-0.3, -0.25) is 14.3 Å². The van der Waals surface area contributed by atoms with Crippen molar-refractivity contribution in [3.63, 3.8) is 0 Å². The van der Waals surface area contributed by atoms with Gasteiger partial charge in [-0.1, -0.05) is 17.7 Å². The smallest absolute Gasteiger partial charge is 0.294 e. The molecule has 7 nitrogen and oxygen atoms in total. The molecule has 0 aliphatic heterocycles. The van der Waals surface area contributed by atoms with Gasteiger partial charge >= 0.3 is 0 Å². The number of aryl methyl sites for hydroxylation is 1. The zero-order valence-electron chi connectivity index (χ0n) is 17.9. The highest BCUT2D eigenvalue weighted by molar-refractivity contribution is 7.85. The molecule has 1 aliphatic carbocycles. The number of nitrogens with zero attached hydrogens (tertiary/aromatic N) is 1. The van der Waals surface area contributed by atoms with Gasteiger partial charge in [0.1, 0.15) is 0 Å². The van der Waals surface area contributed by atoms with Crippen LogP contribution in [-0.4, -0.2) is 38.0 Å². The van der Waals surface area contributed by atoms with Gasteiger partial charge in [0.15, 0.2) is 17.3 Å². The van der Waals surface area contributed by atoms with Gasteiger partial charge in [0.05, 0.1) is 19.1 Å². The van der Waals surface area contributed by atoms with Gasteiger partial charge in [-0.25, -0.2) is 0 Å². The molecule has 0 amide bonds. The molecule has 0 radical (unpaired) electrons. The number of benzene rings is 2. The molecule has 0 atom stereocenters. The van der Waals surface area contributed by atoms with Crippen LogP contribution in [0.5, 0.6) is 11.5 Å². The van der Waals surface area contributed by atoms with E-state index >= 15 is 0 Å². The second-order valence-corrected chi connectivity index (χ2v) is 8.53. The van der Waals surface area contributed by atoms with Gasteiger partial charge in [-0.15, -0.1) is 0 Å². The first-order chi connectivity index (χ1) is 15.2. The van der Waals surface area contributed by atoms with Crippen LogP contribution >= 0.6 is 0 Å². The van der Waals surface area contributed by atoms with Crippen LogP contribution in [0.15, 0.2) is 71.4 Å². The molecule has 8 heteroatoms. The summed E-state index contributed by atoms with van der Waals surface area (Å²) in [5, 5.41) is 0. The molecule has 0 bridgehead atoms. The van der Waals surface area contributed by atoms with Crippen LogP contribution in [0.3, 0.4) is 0 Å². The van der Waals surface area contributed by atoms with Crippen molar-refractivity contribution in [3.8, 4) is 11.5 Å². The molecular formula is C24H23NO6S. The first kappa shape index (κ1) is 23.2. The van der Waals surface area contributed by atoms with Crippen LogP contribution in [0.4, 0.5) is 0 Å². The van der Waals surface area contributed by atoms with Crippen molar-refractivity contribution in [1.29, 1.82) is 0 Å². The Balaban J connectivity index is 0.000000222. The average molecular weight is 454 g/mol. The molecule has 0 saturated carbocycles. The molecule has 3 aromatic rings. The fraction of sp³-hybridized carbons (Fsp3) is 0.167. The minimum atomic E-state index is -4.02. The number of Topliss-reactive ketones (excluding diaryl/α,β-unsaturated/α-hetero) is 1. The van der Waals surface area contributed by atoms with Crippen LogP contribution in [0, 0.1) is 6.92 Å².